The van der Waals surface area contributed by atoms with Gasteiger partial charge in [0.15, 0.2) is 0 Å². The van der Waals surface area contributed by atoms with Crippen LogP contribution in [0.15, 0.2) is 29.2 Å². The third-order valence-electron chi connectivity index (χ3n) is 3.07. The first kappa shape index (κ1) is 14.6. The van der Waals surface area contributed by atoms with E-state index >= 15 is 0 Å². The fourth-order valence-corrected chi connectivity index (χ4v) is 3.60. The van der Waals surface area contributed by atoms with Gasteiger partial charge < -0.3 is 0 Å². The van der Waals surface area contributed by atoms with E-state index in [1.807, 2.05) is 12.1 Å². The molecule has 5 nitrogen and oxygen atoms in total. The number of H-pyrrole nitrogens is 1. The van der Waals surface area contributed by atoms with E-state index in [0.29, 0.717) is 17.1 Å². The summed E-state index contributed by atoms with van der Waals surface area (Å²) in [6.07, 6.45) is 2.06. The van der Waals surface area contributed by atoms with Crippen molar-refractivity contribution in [3.63, 3.8) is 0 Å². The number of sulfonamides is 1. The quantitative estimate of drug-likeness (QED) is 0.890. The normalized spacial score (nSPS) is 11.6. The molecule has 0 aliphatic rings. The Morgan fingerprint density at radius 1 is 1.20 bits per heavy atom. The lowest BCUT2D eigenvalue weighted by Crippen LogP contribution is -2.14. The molecule has 0 bridgehead atoms. The van der Waals surface area contributed by atoms with Crippen LogP contribution >= 0.6 is 0 Å². The third-order valence-corrected chi connectivity index (χ3v) is 4.72. The van der Waals surface area contributed by atoms with Crippen molar-refractivity contribution in [2.75, 3.05) is 4.72 Å². The summed E-state index contributed by atoms with van der Waals surface area (Å²) >= 11 is 0. The van der Waals surface area contributed by atoms with Crippen LogP contribution in [0.5, 0.6) is 0 Å². The molecule has 2 rings (SSSR count). The van der Waals surface area contributed by atoms with E-state index < -0.39 is 10.0 Å². The second-order valence-corrected chi connectivity index (χ2v) is 6.43. The maximum atomic E-state index is 12.3. The van der Waals surface area contributed by atoms with Gasteiger partial charge >= 0.3 is 0 Å². The summed E-state index contributed by atoms with van der Waals surface area (Å²) in [5, 5.41) is 6.60. The molecule has 1 aromatic carbocycles. The van der Waals surface area contributed by atoms with Crippen LogP contribution in [0.3, 0.4) is 0 Å². The first-order valence-corrected chi connectivity index (χ1v) is 8.05. The molecule has 6 heteroatoms. The van der Waals surface area contributed by atoms with Crippen LogP contribution in [0.4, 0.5) is 5.69 Å². The van der Waals surface area contributed by atoms with Crippen LogP contribution in [0, 0.1) is 13.8 Å². The van der Waals surface area contributed by atoms with Crippen molar-refractivity contribution in [2.45, 2.75) is 38.5 Å². The molecule has 0 fully saturated rings. The zero-order chi connectivity index (χ0) is 14.8. The summed E-state index contributed by atoms with van der Waals surface area (Å²) in [4.78, 5) is 0.218. The summed E-state index contributed by atoms with van der Waals surface area (Å²) in [6, 6.07) is 7.45. The molecule has 1 aromatic heterocycles. The van der Waals surface area contributed by atoms with Gasteiger partial charge in [-0.05, 0) is 38.0 Å². The lowest BCUT2D eigenvalue weighted by molar-refractivity contribution is 0.600. The highest BCUT2D eigenvalue weighted by molar-refractivity contribution is 7.92. The van der Waals surface area contributed by atoms with E-state index in [1.165, 1.54) is 5.56 Å². The minimum absolute atomic E-state index is 0.218. The Morgan fingerprint density at radius 2 is 1.85 bits per heavy atom. The van der Waals surface area contributed by atoms with Crippen LogP contribution in [-0.2, 0) is 16.4 Å². The number of rotatable bonds is 5. The van der Waals surface area contributed by atoms with E-state index in [1.54, 1.807) is 26.0 Å². The number of anilines is 1. The zero-order valence-electron chi connectivity index (χ0n) is 11.9. The Balaban J connectivity index is 2.24. The molecule has 0 aliphatic carbocycles. The molecule has 108 valence electrons. The molecular formula is C14H19N3O2S. The topological polar surface area (TPSA) is 74.8 Å². The smallest absolute Gasteiger partial charge is 0.265 e. The fourth-order valence-electron chi connectivity index (χ4n) is 2.17. The van der Waals surface area contributed by atoms with E-state index in [4.69, 9.17) is 0 Å². The molecule has 0 saturated heterocycles. The minimum Gasteiger partial charge on any atom is -0.281 e. The highest BCUT2D eigenvalue weighted by atomic mass is 32.2. The van der Waals surface area contributed by atoms with E-state index in [9.17, 15) is 8.42 Å². The van der Waals surface area contributed by atoms with Crippen LogP contribution in [0.1, 0.15) is 30.3 Å². The van der Waals surface area contributed by atoms with Crippen LogP contribution < -0.4 is 4.72 Å². The van der Waals surface area contributed by atoms with Gasteiger partial charge in [0, 0.05) is 5.69 Å². The maximum absolute atomic E-state index is 12.3. The van der Waals surface area contributed by atoms with Crippen molar-refractivity contribution in [2.24, 2.45) is 0 Å². The van der Waals surface area contributed by atoms with Gasteiger partial charge in [-0.3, -0.25) is 9.82 Å². The van der Waals surface area contributed by atoms with Crippen molar-refractivity contribution in [1.29, 1.82) is 0 Å². The second-order valence-electron chi connectivity index (χ2n) is 4.82. The van der Waals surface area contributed by atoms with Gasteiger partial charge in [0.1, 0.15) is 4.90 Å². The highest BCUT2D eigenvalue weighted by Crippen LogP contribution is 2.21. The molecule has 0 radical (unpaired) electrons. The zero-order valence-corrected chi connectivity index (χ0v) is 12.7. The summed E-state index contributed by atoms with van der Waals surface area (Å²) in [7, 11) is -3.60. The maximum Gasteiger partial charge on any atom is 0.265 e. The SMILES string of the molecule is CCCc1ccc(NS(=O)(=O)c2c(C)n[nH]c2C)cc1. The predicted molar refractivity (Wildman–Crippen MR) is 79.3 cm³/mol. The Bertz CT molecular complexity index is 668. The molecule has 20 heavy (non-hydrogen) atoms. The first-order chi connectivity index (χ1) is 9.44. The molecule has 0 atom stereocenters. The summed E-state index contributed by atoms with van der Waals surface area (Å²) in [6.45, 7) is 5.47. The standard InChI is InChI=1S/C14H19N3O2S/c1-4-5-12-6-8-13(9-7-12)17-20(18,19)14-10(2)15-16-11(14)3/h6-9,17H,4-5H2,1-3H3,(H,15,16). The lowest BCUT2D eigenvalue weighted by Gasteiger charge is -2.09. The average molecular weight is 293 g/mol. The van der Waals surface area contributed by atoms with Crippen molar-refractivity contribution >= 4 is 15.7 Å². The number of aromatic amines is 1. The van der Waals surface area contributed by atoms with Crippen molar-refractivity contribution in [3.05, 3.63) is 41.2 Å². The second kappa shape index (κ2) is 5.66. The Hall–Kier alpha value is -1.82. The lowest BCUT2D eigenvalue weighted by atomic mass is 10.1. The number of nitrogens with one attached hydrogen (secondary N) is 2. The summed E-state index contributed by atoms with van der Waals surface area (Å²) in [5.74, 6) is 0. The number of aryl methyl sites for hydroxylation is 3. The monoisotopic (exact) mass is 293 g/mol. The molecule has 0 saturated carbocycles. The van der Waals surface area contributed by atoms with Gasteiger partial charge in [0.2, 0.25) is 0 Å². The number of hydrogen-bond acceptors (Lipinski definition) is 3. The van der Waals surface area contributed by atoms with E-state index in [-0.39, 0.29) is 4.90 Å². The van der Waals surface area contributed by atoms with E-state index in [0.717, 1.165) is 12.8 Å². The van der Waals surface area contributed by atoms with Crippen molar-refractivity contribution < 1.29 is 8.42 Å². The predicted octanol–water partition coefficient (Wildman–Crippen LogP) is 2.78. The molecule has 0 unspecified atom stereocenters. The van der Waals surface area contributed by atoms with Gasteiger partial charge in [0.05, 0.1) is 11.4 Å². The molecule has 0 aliphatic heterocycles. The number of hydrogen-bond donors (Lipinski definition) is 2. The van der Waals surface area contributed by atoms with Gasteiger partial charge in [-0.25, -0.2) is 8.42 Å². The average Bonchev–Trinajstić information content (AvgIpc) is 2.72. The molecule has 0 spiro atoms. The van der Waals surface area contributed by atoms with Gasteiger partial charge in [-0.2, -0.15) is 5.10 Å². The molecule has 1 heterocycles. The number of benzene rings is 1. The van der Waals surface area contributed by atoms with E-state index in [2.05, 4.69) is 21.8 Å². The molecule has 2 N–H and O–H groups in total. The largest absolute Gasteiger partial charge is 0.281 e. The summed E-state index contributed by atoms with van der Waals surface area (Å²) in [5.41, 5.74) is 2.77. The van der Waals surface area contributed by atoms with Gasteiger partial charge in [-0.15, -0.1) is 0 Å². The van der Waals surface area contributed by atoms with Crippen LogP contribution in [-0.4, -0.2) is 18.6 Å². The highest BCUT2D eigenvalue weighted by Gasteiger charge is 2.22. The van der Waals surface area contributed by atoms with Crippen molar-refractivity contribution in [3.8, 4) is 0 Å². The number of aromatic nitrogens is 2. The Labute approximate surface area is 119 Å². The third kappa shape index (κ3) is 3.01. The molecule has 0 amide bonds. The first-order valence-electron chi connectivity index (χ1n) is 6.57. The van der Waals surface area contributed by atoms with Gasteiger partial charge in [-0.1, -0.05) is 25.5 Å². The Kier molecular flexibility index (Phi) is 4.13. The minimum atomic E-state index is -3.60. The molecule has 2 aromatic rings. The number of nitrogens with zero attached hydrogens (tertiary/aromatic N) is 1. The summed E-state index contributed by atoms with van der Waals surface area (Å²) < 4.78 is 27.3. The Morgan fingerprint density at radius 3 is 2.35 bits per heavy atom. The van der Waals surface area contributed by atoms with Crippen LogP contribution in [0.2, 0.25) is 0 Å². The fraction of sp³-hybridized carbons (Fsp3) is 0.357. The van der Waals surface area contributed by atoms with Crippen molar-refractivity contribution in [1.82, 2.24) is 10.2 Å². The van der Waals surface area contributed by atoms with Gasteiger partial charge in [0.25, 0.3) is 10.0 Å². The molecular weight excluding hydrogens is 274 g/mol. The van der Waals surface area contributed by atoms with Crippen LogP contribution in [0.25, 0.3) is 0 Å².